The molecule has 2 heterocycles. The Labute approximate surface area is 198 Å². The zero-order chi connectivity index (χ0) is 22.8. The Bertz CT molecular complexity index is 1200. The molecule has 0 saturated carbocycles. The summed E-state index contributed by atoms with van der Waals surface area (Å²) < 4.78 is 12.1. The Kier molecular flexibility index (Phi) is 5.98. The van der Waals surface area contributed by atoms with E-state index in [4.69, 9.17) is 21.1 Å². The van der Waals surface area contributed by atoms with Crippen LogP contribution in [0.1, 0.15) is 42.5 Å². The van der Waals surface area contributed by atoms with E-state index in [9.17, 15) is 9.59 Å². The number of amides is 1. The van der Waals surface area contributed by atoms with E-state index < -0.39 is 5.60 Å². The van der Waals surface area contributed by atoms with E-state index >= 15 is 0 Å². The van der Waals surface area contributed by atoms with Gasteiger partial charge in [-0.05, 0) is 47.5 Å². The molecule has 6 heteroatoms. The van der Waals surface area contributed by atoms with Gasteiger partial charge in [-0.2, -0.15) is 0 Å². The summed E-state index contributed by atoms with van der Waals surface area (Å²) in [6.45, 7) is 1.69. The van der Waals surface area contributed by atoms with E-state index in [-0.39, 0.29) is 11.7 Å². The Morgan fingerprint density at radius 1 is 1.03 bits per heavy atom. The van der Waals surface area contributed by atoms with Gasteiger partial charge in [-0.1, -0.05) is 41.9 Å². The third-order valence-corrected chi connectivity index (χ3v) is 6.84. The number of piperidine rings is 1. The lowest BCUT2D eigenvalue weighted by molar-refractivity contribution is -0.135. The first-order valence-corrected chi connectivity index (χ1v) is 11.8. The van der Waals surface area contributed by atoms with Crippen molar-refractivity contribution in [3.63, 3.8) is 0 Å². The van der Waals surface area contributed by atoms with Gasteiger partial charge < -0.3 is 14.4 Å². The fraction of sp³-hybridized carbons (Fsp3) is 0.333. The predicted octanol–water partition coefficient (Wildman–Crippen LogP) is 5.68. The van der Waals surface area contributed by atoms with Crippen LogP contribution in [0, 0.1) is 0 Å². The van der Waals surface area contributed by atoms with Crippen LogP contribution < -0.4 is 9.47 Å². The second kappa shape index (κ2) is 9.06. The van der Waals surface area contributed by atoms with Crippen LogP contribution in [-0.2, 0) is 4.79 Å². The molecule has 2 aliphatic heterocycles. The number of halogens is 1. The summed E-state index contributed by atoms with van der Waals surface area (Å²) in [6.07, 6.45) is 2.75. The van der Waals surface area contributed by atoms with Gasteiger partial charge in [0.25, 0.3) is 0 Å². The van der Waals surface area contributed by atoms with Crippen LogP contribution in [0.5, 0.6) is 11.5 Å². The van der Waals surface area contributed by atoms with Crippen molar-refractivity contribution in [2.45, 2.75) is 37.7 Å². The van der Waals surface area contributed by atoms with Crippen molar-refractivity contribution in [3.05, 3.63) is 71.2 Å². The second-order valence-electron chi connectivity index (χ2n) is 8.87. The number of hydrogen-bond acceptors (Lipinski definition) is 4. The largest absolute Gasteiger partial charge is 0.494 e. The highest BCUT2D eigenvalue weighted by atomic mass is 35.5. The number of nitrogens with zero attached hydrogens (tertiary/aromatic N) is 1. The van der Waals surface area contributed by atoms with Crippen LogP contribution >= 0.6 is 11.6 Å². The zero-order valence-corrected chi connectivity index (χ0v) is 19.1. The van der Waals surface area contributed by atoms with Crippen LogP contribution in [-0.4, -0.2) is 41.9 Å². The molecule has 1 saturated heterocycles. The maximum Gasteiger partial charge on any atom is 0.222 e. The molecule has 2 aliphatic rings. The molecule has 3 aromatic carbocycles. The quantitative estimate of drug-likeness (QED) is 0.457. The van der Waals surface area contributed by atoms with Crippen LogP contribution in [0.3, 0.4) is 0 Å². The number of ether oxygens (including phenoxy) is 2. The van der Waals surface area contributed by atoms with E-state index in [0.717, 1.165) is 11.1 Å². The number of carbonyl (C=O) groups is 2. The summed E-state index contributed by atoms with van der Waals surface area (Å²) in [5.74, 6) is 1.61. The van der Waals surface area contributed by atoms with Crippen molar-refractivity contribution in [1.29, 1.82) is 0 Å². The number of likely N-dealkylation sites (tertiary alicyclic amines) is 1. The molecule has 0 N–H and O–H groups in total. The topological polar surface area (TPSA) is 55.8 Å². The fourth-order valence-electron chi connectivity index (χ4n) is 4.74. The van der Waals surface area contributed by atoms with Crippen molar-refractivity contribution in [3.8, 4) is 11.5 Å². The van der Waals surface area contributed by atoms with Crippen molar-refractivity contribution in [2.24, 2.45) is 0 Å². The van der Waals surface area contributed by atoms with E-state index in [1.807, 2.05) is 35.2 Å². The fourth-order valence-corrected chi connectivity index (χ4v) is 4.91. The molecular formula is C27H26ClNO4. The number of Topliss-reactive ketones (excluding diaryl/α,β-unsaturated/α-hetero) is 1. The number of rotatable bonds is 5. The normalized spacial score (nSPS) is 17.0. The maximum atomic E-state index is 12.7. The third kappa shape index (κ3) is 4.69. The lowest BCUT2D eigenvalue weighted by Crippen LogP contribution is -2.52. The minimum Gasteiger partial charge on any atom is -0.494 e. The Balaban J connectivity index is 1.10. The van der Waals surface area contributed by atoms with Crippen molar-refractivity contribution in [1.82, 2.24) is 4.90 Å². The summed E-state index contributed by atoms with van der Waals surface area (Å²) >= 11 is 6.02. The monoisotopic (exact) mass is 463 g/mol. The first-order valence-electron chi connectivity index (χ1n) is 11.4. The number of hydrogen-bond donors (Lipinski definition) is 0. The standard InChI is InChI=1S/C27H26ClNO4/c28-21-8-10-25-23(17-21)24(30)18-27(33-25)11-13-29(14-12-27)26(31)6-3-15-32-22-9-7-19-4-1-2-5-20(19)16-22/h1-2,4-5,7-10,16-17H,3,6,11-15,18H2. The van der Waals surface area contributed by atoms with Gasteiger partial charge in [0.15, 0.2) is 5.78 Å². The Morgan fingerprint density at radius 2 is 1.82 bits per heavy atom. The van der Waals surface area contributed by atoms with Crippen molar-refractivity contribution >= 4 is 34.1 Å². The van der Waals surface area contributed by atoms with Gasteiger partial charge in [0.1, 0.15) is 17.1 Å². The first kappa shape index (κ1) is 21.8. The molecular weight excluding hydrogens is 438 g/mol. The van der Waals surface area contributed by atoms with E-state index in [1.54, 1.807) is 18.2 Å². The van der Waals surface area contributed by atoms with Gasteiger partial charge >= 0.3 is 0 Å². The Hall–Kier alpha value is -3.05. The van der Waals surface area contributed by atoms with Gasteiger partial charge in [-0.15, -0.1) is 0 Å². The second-order valence-corrected chi connectivity index (χ2v) is 9.30. The molecule has 0 aliphatic carbocycles. The lowest BCUT2D eigenvalue weighted by atomic mass is 9.82. The van der Waals surface area contributed by atoms with Gasteiger partial charge in [-0.25, -0.2) is 0 Å². The molecule has 3 aromatic rings. The number of ketones is 1. The van der Waals surface area contributed by atoms with Gasteiger partial charge in [0.2, 0.25) is 5.91 Å². The van der Waals surface area contributed by atoms with E-state index in [2.05, 4.69) is 12.1 Å². The highest BCUT2D eigenvalue weighted by molar-refractivity contribution is 6.31. The van der Waals surface area contributed by atoms with Crippen molar-refractivity contribution in [2.75, 3.05) is 19.7 Å². The van der Waals surface area contributed by atoms with Gasteiger partial charge in [0.05, 0.1) is 18.6 Å². The SMILES string of the molecule is O=C1CC2(CCN(C(=O)CCCOc3ccc4ccccc4c3)CC2)Oc2ccc(Cl)cc21. The molecule has 5 nitrogen and oxygen atoms in total. The molecule has 5 rings (SSSR count). The zero-order valence-electron chi connectivity index (χ0n) is 18.4. The maximum absolute atomic E-state index is 12.7. The molecule has 0 aromatic heterocycles. The highest BCUT2D eigenvalue weighted by Gasteiger charge is 2.43. The van der Waals surface area contributed by atoms with Crippen LogP contribution in [0.2, 0.25) is 5.02 Å². The molecule has 0 unspecified atom stereocenters. The Morgan fingerprint density at radius 3 is 2.64 bits per heavy atom. The van der Waals surface area contributed by atoms with Crippen molar-refractivity contribution < 1.29 is 19.1 Å². The van der Waals surface area contributed by atoms with Gasteiger partial charge in [-0.3, -0.25) is 9.59 Å². The summed E-state index contributed by atoms with van der Waals surface area (Å²) in [6, 6.07) is 19.4. The summed E-state index contributed by atoms with van der Waals surface area (Å²) in [5, 5.41) is 2.85. The highest BCUT2D eigenvalue weighted by Crippen LogP contribution is 2.40. The van der Waals surface area contributed by atoms with Gasteiger partial charge in [0, 0.05) is 37.4 Å². The minimum atomic E-state index is -0.520. The number of carbonyl (C=O) groups excluding carboxylic acids is 2. The smallest absolute Gasteiger partial charge is 0.222 e. The molecule has 1 amide bonds. The van der Waals surface area contributed by atoms with E-state index in [0.29, 0.717) is 68.1 Å². The summed E-state index contributed by atoms with van der Waals surface area (Å²) in [5.41, 5.74) is 0.0338. The van der Waals surface area contributed by atoms with Crippen LogP contribution in [0.15, 0.2) is 60.7 Å². The molecule has 1 fully saturated rings. The summed E-state index contributed by atoms with van der Waals surface area (Å²) in [7, 11) is 0. The number of fused-ring (bicyclic) bond motifs is 2. The molecule has 0 bridgehead atoms. The average Bonchev–Trinajstić information content (AvgIpc) is 2.83. The van der Waals surface area contributed by atoms with Crippen LogP contribution in [0.25, 0.3) is 10.8 Å². The minimum absolute atomic E-state index is 0.0596. The average molecular weight is 464 g/mol. The third-order valence-electron chi connectivity index (χ3n) is 6.60. The molecule has 0 atom stereocenters. The lowest BCUT2D eigenvalue weighted by Gasteiger charge is -2.44. The molecule has 33 heavy (non-hydrogen) atoms. The first-order chi connectivity index (χ1) is 16.0. The number of benzene rings is 3. The predicted molar refractivity (Wildman–Crippen MR) is 128 cm³/mol. The summed E-state index contributed by atoms with van der Waals surface area (Å²) in [4.78, 5) is 27.2. The molecule has 170 valence electrons. The molecule has 0 radical (unpaired) electrons. The van der Waals surface area contributed by atoms with Crippen LogP contribution in [0.4, 0.5) is 0 Å². The molecule has 1 spiro atoms. The van der Waals surface area contributed by atoms with E-state index in [1.165, 1.54) is 5.39 Å².